The van der Waals surface area contributed by atoms with Crippen LogP contribution in [-0.4, -0.2) is 6.54 Å². The van der Waals surface area contributed by atoms with Crippen LogP contribution < -0.4 is 5.32 Å². The minimum atomic E-state index is 0.528. The summed E-state index contributed by atoms with van der Waals surface area (Å²) in [6.45, 7) is 3.41. The lowest BCUT2D eigenvalue weighted by atomic mass is 9.65. The molecule has 1 heteroatoms. The Kier molecular flexibility index (Phi) is 1.64. The van der Waals surface area contributed by atoms with Crippen molar-refractivity contribution in [1.82, 2.24) is 0 Å². The Bertz CT molecular complexity index is 363. The van der Waals surface area contributed by atoms with E-state index < -0.39 is 0 Å². The molecule has 3 rings (SSSR count). The van der Waals surface area contributed by atoms with Gasteiger partial charge in [0.25, 0.3) is 0 Å². The first-order valence-electron chi connectivity index (χ1n) is 5.71. The van der Waals surface area contributed by atoms with Gasteiger partial charge in [-0.25, -0.2) is 0 Å². The van der Waals surface area contributed by atoms with E-state index in [9.17, 15) is 0 Å². The van der Waals surface area contributed by atoms with Crippen molar-refractivity contribution in [2.45, 2.75) is 38.0 Å². The number of benzene rings is 1. The van der Waals surface area contributed by atoms with Gasteiger partial charge in [-0.3, -0.25) is 0 Å². The Balaban J connectivity index is 2.08. The minimum Gasteiger partial charge on any atom is -0.384 e. The first kappa shape index (κ1) is 8.34. The highest BCUT2D eigenvalue weighted by Crippen LogP contribution is 2.50. The summed E-state index contributed by atoms with van der Waals surface area (Å²) in [5.41, 5.74) is 5.00. The predicted molar refractivity (Wildman–Crippen MR) is 59.8 cm³/mol. The lowest BCUT2D eigenvalue weighted by Gasteiger charge is -2.38. The summed E-state index contributed by atoms with van der Waals surface area (Å²) >= 11 is 0. The molecule has 1 saturated carbocycles. The topological polar surface area (TPSA) is 12.0 Å². The lowest BCUT2D eigenvalue weighted by Crippen LogP contribution is -2.35. The van der Waals surface area contributed by atoms with Gasteiger partial charge in [-0.1, -0.05) is 25.5 Å². The number of fused-ring (bicyclic) bond motifs is 2. The normalized spacial score (nSPS) is 21.5. The zero-order chi connectivity index (χ0) is 9.60. The number of anilines is 1. The van der Waals surface area contributed by atoms with Gasteiger partial charge in [-0.2, -0.15) is 0 Å². The average Bonchev–Trinajstić information content (AvgIpc) is 2.55. The largest absolute Gasteiger partial charge is 0.384 e. The summed E-state index contributed by atoms with van der Waals surface area (Å²) in [5.74, 6) is 0. The second kappa shape index (κ2) is 2.75. The zero-order valence-corrected chi connectivity index (χ0v) is 8.77. The quantitative estimate of drug-likeness (QED) is 0.712. The number of aryl methyl sites for hydroxylation is 1. The number of rotatable bonds is 1. The molecule has 74 valence electrons. The van der Waals surface area contributed by atoms with E-state index in [1.165, 1.54) is 37.1 Å². The lowest BCUT2D eigenvalue weighted by molar-refractivity contribution is 0.272. The van der Waals surface area contributed by atoms with Crippen LogP contribution in [0.15, 0.2) is 18.2 Å². The third kappa shape index (κ3) is 0.956. The molecule has 0 bridgehead atoms. The maximum Gasteiger partial charge on any atom is 0.0379 e. The molecule has 1 fully saturated rings. The molecule has 0 atom stereocenters. The molecule has 0 unspecified atom stereocenters. The van der Waals surface area contributed by atoms with Crippen molar-refractivity contribution < 1.29 is 0 Å². The molecule has 1 spiro atoms. The molecule has 14 heavy (non-hydrogen) atoms. The maximum atomic E-state index is 3.54. The predicted octanol–water partition coefficient (Wildman–Crippen LogP) is 3.10. The summed E-state index contributed by atoms with van der Waals surface area (Å²) in [6.07, 6.45) is 5.35. The van der Waals surface area contributed by atoms with Crippen LogP contribution in [0, 0.1) is 0 Å². The van der Waals surface area contributed by atoms with Gasteiger partial charge in [0.1, 0.15) is 0 Å². The van der Waals surface area contributed by atoms with Gasteiger partial charge in [0, 0.05) is 17.6 Å². The molecule has 0 saturated heterocycles. The highest BCUT2D eigenvalue weighted by Gasteiger charge is 2.43. The monoisotopic (exact) mass is 187 g/mol. The van der Waals surface area contributed by atoms with Crippen molar-refractivity contribution in [2.24, 2.45) is 0 Å². The zero-order valence-electron chi connectivity index (χ0n) is 8.77. The van der Waals surface area contributed by atoms with E-state index >= 15 is 0 Å². The molecule has 1 aliphatic heterocycles. The van der Waals surface area contributed by atoms with Crippen LogP contribution in [0.4, 0.5) is 5.69 Å². The van der Waals surface area contributed by atoms with Crippen molar-refractivity contribution in [1.29, 1.82) is 0 Å². The van der Waals surface area contributed by atoms with Gasteiger partial charge in [-0.05, 0) is 36.5 Å². The van der Waals surface area contributed by atoms with Gasteiger partial charge in [0.2, 0.25) is 0 Å². The Labute approximate surface area is 85.5 Å². The van der Waals surface area contributed by atoms with Crippen LogP contribution in [0.5, 0.6) is 0 Å². The molecule has 2 aliphatic rings. The van der Waals surface area contributed by atoms with Crippen LogP contribution in [0.1, 0.15) is 37.3 Å². The van der Waals surface area contributed by atoms with Crippen LogP contribution in [-0.2, 0) is 11.8 Å². The van der Waals surface area contributed by atoms with E-state index in [1.54, 1.807) is 5.56 Å². The number of nitrogens with one attached hydrogen (secondary N) is 1. The van der Waals surface area contributed by atoms with Crippen LogP contribution in [0.25, 0.3) is 0 Å². The number of hydrogen-bond acceptors (Lipinski definition) is 1. The highest BCUT2D eigenvalue weighted by molar-refractivity contribution is 5.62. The summed E-state index contributed by atoms with van der Waals surface area (Å²) in [7, 11) is 0. The molecule has 1 aliphatic carbocycles. The van der Waals surface area contributed by atoms with Gasteiger partial charge in [-0.15, -0.1) is 0 Å². The first-order chi connectivity index (χ1) is 6.84. The molecular weight excluding hydrogens is 170 g/mol. The molecule has 1 heterocycles. The molecular formula is C13H17N. The molecule has 1 aromatic rings. The van der Waals surface area contributed by atoms with Crippen LogP contribution >= 0.6 is 0 Å². The van der Waals surface area contributed by atoms with Gasteiger partial charge in [0.15, 0.2) is 0 Å². The standard InChI is InChI=1S/C13H17N/c1-2-10-4-5-12-11(8-10)13(9-14-12)6-3-7-13/h4-5,8,14H,2-3,6-7,9H2,1H3. The third-order valence-corrected chi connectivity index (χ3v) is 3.99. The second-order valence-corrected chi connectivity index (χ2v) is 4.72. The van der Waals surface area contributed by atoms with Crippen molar-refractivity contribution >= 4 is 5.69 Å². The van der Waals surface area contributed by atoms with Gasteiger partial charge >= 0.3 is 0 Å². The Morgan fingerprint density at radius 3 is 2.86 bits per heavy atom. The van der Waals surface area contributed by atoms with E-state index in [2.05, 4.69) is 30.4 Å². The smallest absolute Gasteiger partial charge is 0.0379 e. The second-order valence-electron chi connectivity index (χ2n) is 4.72. The summed E-state index contributed by atoms with van der Waals surface area (Å²) in [5, 5.41) is 3.54. The summed E-state index contributed by atoms with van der Waals surface area (Å²) in [6, 6.07) is 6.94. The molecule has 1 N–H and O–H groups in total. The highest BCUT2D eigenvalue weighted by atomic mass is 14.9. The van der Waals surface area contributed by atoms with E-state index in [1.807, 2.05) is 0 Å². The van der Waals surface area contributed by atoms with Crippen molar-refractivity contribution in [3.63, 3.8) is 0 Å². The molecule has 0 amide bonds. The van der Waals surface area contributed by atoms with E-state index in [-0.39, 0.29) is 0 Å². The molecule has 1 nitrogen and oxygen atoms in total. The van der Waals surface area contributed by atoms with Crippen molar-refractivity contribution in [2.75, 3.05) is 11.9 Å². The maximum absolute atomic E-state index is 3.54. The van der Waals surface area contributed by atoms with Gasteiger partial charge in [0.05, 0.1) is 0 Å². The van der Waals surface area contributed by atoms with E-state index in [0.29, 0.717) is 5.41 Å². The van der Waals surface area contributed by atoms with Crippen LogP contribution in [0.3, 0.4) is 0 Å². The Morgan fingerprint density at radius 2 is 2.21 bits per heavy atom. The average molecular weight is 187 g/mol. The minimum absolute atomic E-state index is 0.528. The molecule has 0 aromatic heterocycles. The fourth-order valence-electron chi connectivity index (χ4n) is 2.81. The number of hydrogen-bond donors (Lipinski definition) is 1. The summed E-state index contributed by atoms with van der Waals surface area (Å²) < 4.78 is 0. The fraction of sp³-hybridized carbons (Fsp3) is 0.538. The van der Waals surface area contributed by atoms with Crippen molar-refractivity contribution in [3.8, 4) is 0 Å². The fourth-order valence-corrected chi connectivity index (χ4v) is 2.81. The molecule has 0 radical (unpaired) electrons. The van der Waals surface area contributed by atoms with Gasteiger partial charge < -0.3 is 5.32 Å². The third-order valence-electron chi connectivity index (χ3n) is 3.99. The van der Waals surface area contributed by atoms with E-state index in [0.717, 1.165) is 6.42 Å². The first-order valence-corrected chi connectivity index (χ1v) is 5.71. The molecule has 1 aromatic carbocycles. The SMILES string of the molecule is CCc1ccc2c(c1)C1(CCC1)CN2. The van der Waals surface area contributed by atoms with E-state index in [4.69, 9.17) is 0 Å². The van der Waals surface area contributed by atoms with Crippen molar-refractivity contribution in [3.05, 3.63) is 29.3 Å². The Morgan fingerprint density at radius 1 is 1.36 bits per heavy atom. The summed E-state index contributed by atoms with van der Waals surface area (Å²) in [4.78, 5) is 0. The van der Waals surface area contributed by atoms with Crippen LogP contribution in [0.2, 0.25) is 0 Å². The Hall–Kier alpha value is -0.980.